The number of piperidine rings is 1. The van der Waals surface area contributed by atoms with Crippen molar-refractivity contribution in [2.75, 3.05) is 19.7 Å². The van der Waals surface area contributed by atoms with E-state index < -0.39 is 5.97 Å². The van der Waals surface area contributed by atoms with Crippen molar-refractivity contribution in [3.63, 3.8) is 0 Å². The molecule has 4 heteroatoms. The molecule has 0 bridgehead atoms. The van der Waals surface area contributed by atoms with Gasteiger partial charge in [0.2, 0.25) is 0 Å². The number of carboxylic acids is 1. The third kappa shape index (κ3) is 4.83. The Bertz CT molecular complexity index is 427. The average Bonchev–Trinajstić information content (AvgIpc) is 2.50. The smallest absolute Gasteiger partial charge is 0.305 e. The molecule has 0 saturated carbocycles. The Balaban J connectivity index is 1.81. The highest BCUT2D eigenvalue weighted by molar-refractivity contribution is 5.66. The molecule has 21 heavy (non-hydrogen) atoms. The molecule has 0 radical (unpaired) electrons. The number of aliphatic carboxylic acids is 1. The molecule has 4 nitrogen and oxygen atoms in total. The lowest BCUT2D eigenvalue weighted by atomic mass is 9.99. The molecule has 0 spiro atoms. The topological polar surface area (TPSA) is 49.8 Å². The predicted molar refractivity (Wildman–Crippen MR) is 82.3 cm³/mol. The zero-order valence-corrected chi connectivity index (χ0v) is 12.7. The third-order valence-corrected chi connectivity index (χ3v) is 4.16. The van der Waals surface area contributed by atoms with E-state index in [1.807, 2.05) is 0 Å². The Morgan fingerprint density at radius 1 is 1.33 bits per heavy atom. The molecule has 0 aromatic heterocycles. The molecule has 1 N–H and O–H groups in total. The molecule has 1 heterocycles. The van der Waals surface area contributed by atoms with Crippen LogP contribution in [-0.4, -0.2) is 41.8 Å². The summed E-state index contributed by atoms with van der Waals surface area (Å²) in [6.45, 7) is 4.60. The Labute approximate surface area is 126 Å². The molecular formula is C17H25NO3. The van der Waals surface area contributed by atoms with Crippen molar-refractivity contribution in [3.8, 4) is 0 Å². The summed E-state index contributed by atoms with van der Waals surface area (Å²) >= 11 is 0. The van der Waals surface area contributed by atoms with E-state index in [9.17, 15) is 4.79 Å². The molecule has 1 aromatic carbocycles. The molecule has 1 aliphatic heterocycles. The van der Waals surface area contributed by atoms with Crippen molar-refractivity contribution in [3.05, 3.63) is 35.9 Å². The minimum atomic E-state index is -0.789. The first kappa shape index (κ1) is 16.0. The second kappa shape index (κ2) is 8.15. The predicted octanol–water partition coefficient (Wildman–Crippen LogP) is 3.09. The number of carbonyl (C=O) groups is 1. The fourth-order valence-corrected chi connectivity index (χ4v) is 3.05. The van der Waals surface area contributed by atoms with Gasteiger partial charge in [-0.15, -0.1) is 0 Å². The highest BCUT2D eigenvalue weighted by atomic mass is 16.5. The van der Waals surface area contributed by atoms with Crippen LogP contribution in [0.1, 0.15) is 44.2 Å². The van der Waals surface area contributed by atoms with Gasteiger partial charge in [0.05, 0.1) is 19.1 Å². The largest absolute Gasteiger partial charge is 0.481 e. The first-order valence-corrected chi connectivity index (χ1v) is 7.83. The molecular weight excluding hydrogens is 266 g/mol. The lowest BCUT2D eigenvalue weighted by Crippen LogP contribution is -2.39. The fraction of sp³-hybridized carbons (Fsp3) is 0.588. The fourth-order valence-electron chi connectivity index (χ4n) is 3.05. The van der Waals surface area contributed by atoms with Crippen LogP contribution in [0.4, 0.5) is 0 Å². The highest BCUT2D eigenvalue weighted by Crippen LogP contribution is 2.27. The van der Waals surface area contributed by atoms with Gasteiger partial charge in [-0.3, -0.25) is 9.69 Å². The van der Waals surface area contributed by atoms with Crippen LogP contribution in [0.3, 0.4) is 0 Å². The summed E-state index contributed by atoms with van der Waals surface area (Å²) in [7, 11) is 0. The van der Waals surface area contributed by atoms with Crippen LogP contribution in [0.15, 0.2) is 30.3 Å². The normalized spacial score (nSPS) is 18.5. The van der Waals surface area contributed by atoms with Crippen LogP contribution in [0, 0.1) is 0 Å². The maximum atomic E-state index is 10.5. The van der Waals surface area contributed by atoms with Crippen LogP contribution in [-0.2, 0) is 9.53 Å². The number of nitrogens with zero attached hydrogens (tertiary/aromatic N) is 1. The van der Waals surface area contributed by atoms with Crippen LogP contribution in [0.5, 0.6) is 0 Å². The molecule has 0 amide bonds. The summed E-state index contributed by atoms with van der Waals surface area (Å²) < 4.78 is 5.65. The van der Waals surface area contributed by atoms with Crippen molar-refractivity contribution < 1.29 is 14.6 Å². The molecule has 0 aliphatic carbocycles. The zero-order valence-electron chi connectivity index (χ0n) is 12.7. The van der Waals surface area contributed by atoms with E-state index in [2.05, 4.69) is 42.2 Å². The molecule has 1 fully saturated rings. The van der Waals surface area contributed by atoms with Crippen LogP contribution in [0.25, 0.3) is 0 Å². The van der Waals surface area contributed by atoms with Crippen molar-refractivity contribution in [1.29, 1.82) is 0 Å². The first-order valence-electron chi connectivity index (χ1n) is 7.83. The van der Waals surface area contributed by atoms with Crippen molar-refractivity contribution >= 4 is 5.97 Å². The standard InChI is InChI=1S/C17H25NO3/c1-2-16(14-6-4-3-5-7-14)18-11-8-15(9-12-18)21-13-10-17(19)20/h3-7,15-16H,2,8-13H2,1H3,(H,19,20). The average molecular weight is 291 g/mol. The number of hydrogen-bond acceptors (Lipinski definition) is 3. The Kier molecular flexibility index (Phi) is 6.21. The van der Waals surface area contributed by atoms with Gasteiger partial charge in [0.1, 0.15) is 0 Å². The number of likely N-dealkylation sites (tertiary alicyclic amines) is 1. The van der Waals surface area contributed by atoms with Gasteiger partial charge in [-0.2, -0.15) is 0 Å². The molecule has 1 aromatic rings. The van der Waals surface area contributed by atoms with Crippen LogP contribution >= 0.6 is 0 Å². The van der Waals surface area contributed by atoms with Gasteiger partial charge in [0.15, 0.2) is 0 Å². The van der Waals surface area contributed by atoms with Crippen LogP contribution < -0.4 is 0 Å². The van der Waals surface area contributed by atoms with Gasteiger partial charge >= 0.3 is 5.97 Å². The highest BCUT2D eigenvalue weighted by Gasteiger charge is 2.25. The zero-order chi connectivity index (χ0) is 15.1. The second-order valence-corrected chi connectivity index (χ2v) is 5.58. The maximum Gasteiger partial charge on any atom is 0.305 e. The minimum Gasteiger partial charge on any atom is -0.481 e. The third-order valence-electron chi connectivity index (χ3n) is 4.16. The van der Waals surface area contributed by atoms with Gasteiger partial charge in [-0.25, -0.2) is 0 Å². The summed E-state index contributed by atoms with van der Waals surface area (Å²) in [6, 6.07) is 11.1. The SMILES string of the molecule is CCC(c1ccccc1)N1CCC(OCCC(=O)O)CC1. The number of hydrogen-bond donors (Lipinski definition) is 1. The van der Waals surface area contributed by atoms with Gasteiger partial charge < -0.3 is 9.84 Å². The lowest BCUT2D eigenvalue weighted by molar-refractivity contribution is -0.138. The van der Waals surface area contributed by atoms with E-state index in [1.165, 1.54) is 5.56 Å². The van der Waals surface area contributed by atoms with E-state index in [4.69, 9.17) is 9.84 Å². The molecule has 1 atom stereocenters. The van der Waals surface area contributed by atoms with Crippen molar-refractivity contribution in [2.24, 2.45) is 0 Å². The second-order valence-electron chi connectivity index (χ2n) is 5.58. The van der Waals surface area contributed by atoms with Gasteiger partial charge in [0, 0.05) is 19.1 Å². The van der Waals surface area contributed by atoms with Gasteiger partial charge in [-0.1, -0.05) is 37.3 Å². The van der Waals surface area contributed by atoms with E-state index in [0.29, 0.717) is 12.6 Å². The summed E-state index contributed by atoms with van der Waals surface area (Å²) in [6.07, 6.45) is 3.40. The number of benzene rings is 1. The molecule has 1 aliphatic rings. The number of ether oxygens (including phenoxy) is 1. The number of carboxylic acid groups (broad SMARTS) is 1. The van der Waals surface area contributed by atoms with E-state index in [-0.39, 0.29) is 12.5 Å². The minimum absolute atomic E-state index is 0.0990. The van der Waals surface area contributed by atoms with Crippen LogP contribution in [0.2, 0.25) is 0 Å². The monoisotopic (exact) mass is 291 g/mol. The summed E-state index contributed by atoms with van der Waals surface area (Å²) in [4.78, 5) is 13.0. The molecule has 1 unspecified atom stereocenters. The van der Waals surface area contributed by atoms with Crippen molar-refractivity contribution in [2.45, 2.75) is 44.8 Å². The Hall–Kier alpha value is -1.39. The van der Waals surface area contributed by atoms with Gasteiger partial charge in [-0.05, 0) is 24.8 Å². The lowest BCUT2D eigenvalue weighted by Gasteiger charge is -2.37. The first-order chi connectivity index (χ1) is 10.2. The van der Waals surface area contributed by atoms with E-state index in [1.54, 1.807) is 0 Å². The number of rotatable bonds is 7. The molecule has 2 rings (SSSR count). The summed E-state index contributed by atoms with van der Waals surface area (Å²) in [5, 5.41) is 8.63. The van der Waals surface area contributed by atoms with E-state index >= 15 is 0 Å². The molecule has 1 saturated heterocycles. The van der Waals surface area contributed by atoms with Gasteiger partial charge in [0.25, 0.3) is 0 Å². The summed E-state index contributed by atoms with van der Waals surface area (Å²) in [5.41, 5.74) is 1.38. The quantitative estimate of drug-likeness (QED) is 0.838. The Morgan fingerprint density at radius 3 is 2.57 bits per heavy atom. The van der Waals surface area contributed by atoms with E-state index in [0.717, 1.165) is 32.4 Å². The molecule has 116 valence electrons. The Morgan fingerprint density at radius 2 is 2.00 bits per heavy atom. The van der Waals surface area contributed by atoms with Crippen molar-refractivity contribution in [1.82, 2.24) is 4.90 Å². The summed E-state index contributed by atoms with van der Waals surface area (Å²) in [5.74, 6) is -0.789. The maximum absolute atomic E-state index is 10.5.